The van der Waals surface area contributed by atoms with Gasteiger partial charge < -0.3 is 10.4 Å². The van der Waals surface area contributed by atoms with Crippen LogP contribution in [0.2, 0.25) is 0 Å². The summed E-state index contributed by atoms with van der Waals surface area (Å²) in [6.07, 6.45) is 7.45. The van der Waals surface area contributed by atoms with E-state index < -0.39 is 12.0 Å². The van der Waals surface area contributed by atoms with Crippen LogP contribution in [0.25, 0.3) is 0 Å². The van der Waals surface area contributed by atoms with Crippen molar-refractivity contribution in [3.05, 3.63) is 0 Å². The van der Waals surface area contributed by atoms with E-state index in [0.717, 1.165) is 12.8 Å². The number of aliphatic carboxylic acids is 1. The van der Waals surface area contributed by atoms with Crippen LogP contribution in [0.1, 0.15) is 51.9 Å². The Bertz CT molecular complexity index is 299. The van der Waals surface area contributed by atoms with Crippen LogP contribution >= 0.6 is 0 Å². The number of carbonyl (C=O) groups is 2. The van der Waals surface area contributed by atoms with Crippen molar-refractivity contribution in [1.82, 2.24) is 10.2 Å². The molecule has 0 aromatic carbocycles. The average Bonchev–Trinajstić information content (AvgIpc) is 2.57. The Morgan fingerprint density at radius 3 is 2.32 bits per heavy atom. The molecule has 1 amide bonds. The van der Waals surface area contributed by atoms with Gasteiger partial charge in [0.2, 0.25) is 5.91 Å². The van der Waals surface area contributed by atoms with Crippen LogP contribution in [0.5, 0.6) is 0 Å². The van der Waals surface area contributed by atoms with E-state index in [-0.39, 0.29) is 18.5 Å². The second kappa shape index (κ2) is 8.15. The van der Waals surface area contributed by atoms with Crippen molar-refractivity contribution in [3.63, 3.8) is 0 Å². The maximum Gasteiger partial charge on any atom is 0.320 e. The summed E-state index contributed by atoms with van der Waals surface area (Å²) in [5.74, 6) is -0.929. The Kier molecular flexibility index (Phi) is 6.84. The topological polar surface area (TPSA) is 69.6 Å². The highest BCUT2D eigenvalue weighted by atomic mass is 16.4. The third-order valence-electron chi connectivity index (χ3n) is 3.82. The first-order valence-electron chi connectivity index (χ1n) is 7.27. The summed E-state index contributed by atoms with van der Waals surface area (Å²) >= 11 is 0. The first kappa shape index (κ1) is 16.0. The molecule has 0 aromatic heterocycles. The number of amides is 1. The van der Waals surface area contributed by atoms with Crippen LogP contribution in [0.4, 0.5) is 0 Å². The average molecular weight is 270 g/mol. The molecule has 0 aliphatic heterocycles. The molecule has 1 unspecified atom stereocenters. The minimum absolute atomic E-state index is 0.0610. The molecule has 1 aliphatic rings. The number of nitrogens with one attached hydrogen (secondary N) is 1. The number of carbonyl (C=O) groups excluding carboxylic acids is 1. The molecule has 1 fully saturated rings. The minimum atomic E-state index is -0.868. The quantitative estimate of drug-likeness (QED) is 0.720. The fourth-order valence-corrected chi connectivity index (χ4v) is 2.71. The zero-order chi connectivity index (χ0) is 14.3. The van der Waals surface area contributed by atoms with Gasteiger partial charge in [-0.1, -0.05) is 32.6 Å². The second-order valence-electron chi connectivity index (χ2n) is 5.43. The number of carboxylic acids is 1. The molecule has 5 nitrogen and oxygen atoms in total. The van der Waals surface area contributed by atoms with Crippen molar-refractivity contribution in [3.8, 4) is 0 Å². The lowest BCUT2D eigenvalue weighted by Gasteiger charge is -2.24. The molecular formula is C14H26N2O3. The summed E-state index contributed by atoms with van der Waals surface area (Å²) < 4.78 is 0. The lowest BCUT2D eigenvalue weighted by Crippen LogP contribution is -2.46. The maximum atomic E-state index is 11.9. The number of hydrogen-bond donors (Lipinski definition) is 2. The number of hydrogen-bond acceptors (Lipinski definition) is 3. The predicted molar refractivity (Wildman–Crippen MR) is 74.0 cm³/mol. The van der Waals surface area contributed by atoms with Crippen molar-refractivity contribution in [2.45, 2.75) is 64.0 Å². The van der Waals surface area contributed by atoms with Crippen LogP contribution in [0.15, 0.2) is 0 Å². The van der Waals surface area contributed by atoms with Gasteiger partial charge in [-0.15, -0.1) is 0 Å². The highest BCUT2D eigenvalue weighted by molar-refractivity contribution is 5.80. The Balaban J connectivity index is 2.38. The van der Waals surface area contributed by atoms with Crippen LogP contribution < -0.4 is 5.32 Å². The summed E-state index contributed by atoms with van der Waals surface area (Å²) in [4.78, 5) is 24.6. The van der Waals surface area contributed by atoms with E-state index in [1.807, 2.05) is 6.92 Å². The Morgan fingerprint density at radius 2 is 1.84 bits per heavy atom. The van der Waals surface area contributed by atoms with Gasteiger partial charge in [0, 0.05) is 6.04 Å². The first-order valence-corrected chi connectivity index (χ1v) is 7.27. The Morgan fingerprint density at radius 1 is 1.26 bits per heavy atom. The van der Waals surface area contributed by atoms with Gasteiger partial charge >= 0.3 is 5.97 Å². The van der Waals surface area contributed by atoms with E-state index in [2.05, 4.69) is 5.32 Å². The fourth-order valence-electron chi connectivity index (χ4n) is 2.71. The van der Waals surface area contributed by atoms with Crippen LogP contribution in [-0.2, 0) is 9.59 Å². The van der Waals surface area contributed by atoms with Gasteiger partial charge in [0.1, 0.15) is 6.04 Å². The van der Waals surface area contributed by atoms with Crippen molar-refractivity contribution < 1.29 is 14.7 Å². The predicted octanol–water partition coefficient (Wildman–Crippen LogP) is 1.62. The summed E-state index contributed by atoms with van der Waals surface area (Å²) in [7, 11) is 1.69. The van der Waals surface area contributed by atoms with Gasteiger partial charge in [-0.2, -0.15) is 0 Å². The minimum Gasteiger partial charge on any atom is -0.480 e. The number of likely N-dealkylation sites (N-methyl/N-ethyl adjacent to an activating group) is 1. The van der Waals surface area contributed by atoms with E-state index in [1.165, 1.54) is 25.7 Å². The summed E-state index contributed by atoms with van der Waals surface area (Å²) in [5, 5.41) is 12.1. The van der Waals surface area contributed by atoms with E-state index in [0.29, 0.717) is 6.42 Å². The van der Waals surface area contributed by atoms with Gasteiger partial charge in [-0.25, -0.2) is 0 Å². The number of rotatable bonds is 6. The lowest BCUT2D eigenvalue weighted by molar-refractivity contribution is -0.143. The van der Waals surface area contributed by atoms with Gasteiger partial charge in [0.15, 0.2) is 0 Å². The van der Waals surface area contributed by atoms with Crippen LogP contribution in [0, 0.1) is 0 Å². The van der Waals surface area contributed by atoms with Gasteiger partial charge in [0.25, 0.3) is 0 Å². The summed E-state index contributed by atoms with van der Waals surface area (Å²) in [5.41, 5.74) is 0. The molecule has 1 rings (SSSR count). The highest BCUT2D eigenvalue weighted by Gasteiger charge is 2.23. The standard InChI is InChI=1S/C14H26N2O3/c1-3-12(14(18)19)16(2)10-13(17)15-11-8-6-4-5-7-9-11/h11-12H,3-10H2,1-2H3,(H,15,17)(H,18,19). The van der Waals surface area contributed by atoms with Gasteiger partial charge in [-0.05, 0) is 26.3 Å². The van der Waals surface area contributed by atoms with E-state index in [9.17, 15) is 9.59 Å². The molecule has 1 aliphatic carbocycles. The van der Waals surface area contributed by atoms with Gasteiger partial charge in [0.05, 0.1) is 6.54 Å². The zero-order valence-corrected chi connectivity index (χ0v) is 12.0. The molecule has 19 heavy (non-hydrogen) atoms. The molecule has 0 spiro atoms. The lowest BCUT2D eigenvalue weighted by atomic mass is 10.1. The molecule has 0 bridgehead atoms. The molecule has 5 heteroatoms. The van der Waals surface area contributed by atoms with Crippen molar-refractivity contribution in [2.75, 3.05) is 13.6 Å². The molecule has 0 saturated heterocycles. The second-order valence-corrected chi connectivity index (χ2v) is 5.43. The molecule has 1 saturated carbocycles. The van der Waals surface area contributed by atoms with Crippen molar-refractivity contribution >= 4 is 11.9 Å². The first-order chi connectivity index (χ1) is 9.04. The SMILES string of the molecule is CCC(C(=O)O)N(C)CC(=O)NC1CCCCCC1. The van der Waals surface area contributed by atoms with Crippen LogP contribution in [-0.4, -0.2) is 47.6 Å². The van der Waals surface area contributed by atoms with E-state index in [1.54, 1.807) is 11.9 Å². The largest absolute Gasteiger partial charge is 0.480 e. The Hall–Kier alpha value is -1.10. The monoisotopic (exact) mass is 270 g/mol. The van der Waals surface area contributed by atoms with Gasteiger partial charge in [-0.3, -0.25) is 14.5 Å². The highest BCUT2D eigenvalue weighted by Crippen LogP contribution is 2.17. The summed E-state index contributed by atoms with van der Waals surface area (Å²) in [6.45, 7) is 1.97. The number of nitrogens with zero attached hydrogens (tertiary/aromatic N) is 1. The molecule has 2 N–H and O–H groups in total. The molecule has 1 atom stereocenters. The number of carboxylic acid groups (broad SMARTS) is 1. The van der Waals surface area contributed by atoms with Crippen LogP contribution in [0.3, 0.4) is 0 Å². The zero-order valence-electron chi connectivity index (χ0n) is 12.0. The fraction of sp³-hybridized carbons (Fsp3) is 0.857. The third kappa shape index (κ3) is 5.59. The molecule has 0 aromatic rings. The van der Waals surface area contributed by atoms with E-state index >= 15 is 0 Å². The van der Waals surface area contributed by atoms with Crippen molar-refractivity contribution in [2.24, 2.45) is 0 Å². The molecule has 110 valence electrons. The smallest absolute Gasteiger partial charge is 0.320 e. The summed E-state index contributed by atoms with van der Waals surface area (Å²) in [6, 6.07) is -0.312. The van der Waals surface area contributed by atoms with Crippen molar-refractivity contribution in [1.29, 1.82) is 0 Å². The molecule has 0 heterocycles. The molecular weight excluding hydrogens is 244 g/mol. The Labute approximate surface area is 115 Å². The third-order valence-corrected chi connectivity index (χ3v) is 3.82. The normalized spacial score (nSPS) is 18.9. The van der Waals surface area contributed by atoms with E-state index in [4.69, 9.17) is 5.11 Å². The maximum absolute atomic E-state index is 11.9. The molecule has 0 radical (unpaired) electrons.